The first-order chi connectivity index (χ1) is 17.8. The number of amides is 2. The fourth-order valence-electron chi connectivity index (χ4n) is 4.68. The highest BCUT2D eigenvalue weighted by atomic mass is 16.4. The number of aromatic nitrogens is 2. The minimum Gasteiger partial charge on any atom is -0.478 e. The summed E-state index contributed by atoms with van der Waals surface area (Å²) in [6.07, 6.45) is 3.05. The van der Waals surface area contributed by atoms with Crippen molar-refractivity contribution >= 4 is 34.5 Å². The number of aromatic carboxylic acids is 1. The Hall–Kier alpha value is -4.79. The molecule has 9 heteroatoms. The molecule has 0 aliphatic carbocycles. The van der Waals surface area contributed by atoms with Gasteiger partial charge in [-0.2, -0.15) is 0 Å². The van der Waals surface area contributed by atoms with Gasteiger partial charge in [0.15, 0.2) is 0 Å². The summed E-state index contributed by atoms with van der Waals surface area (Å²) >= 11 is 0. The molecule has 1 atom stereocenters. The number of rotatable bonds is 5. The Kier molecular flexibility index (Phi) is 6.27. The number of benzene rings is 2. The average Bonchev–Trinajstić information content (AvgIpc) is 3.36. The first-order valence-corrected chi connectivity index (χ1v) is 11.8. The molecule has 186 valence electrons. The van der Waals surface area contributed by atoms with Crippen LogP contribution in [0.5, 0.6) is 0 Å². The van der Waals surface area contributed by atoms with Gasteiger partial charge in [-0.05, 0) is 37.3 Å². The lowest BCUT2D eigenvalue weighted by Gasteiger charge is -2.39. The number of carboxylic acid groups (broad SMARTS) is 1. The summed E-state index contributed by atoms with van der Waals surface area (Å²) in [7, 11) is 0. The smallest absolute Gasteiger partial charge is 0.335 e. The molecule has 9 nitrogen and oxygen atoms in total. The highest BCUT2D eigenvalue weighted by molar-refractivity contribution is 6.45. The second kappa shape index (κ2) is 9.69. The first-order valence-electron chi connectivity index (χ1n) is 11.8. The molecule has 1 saturated heterocycles. The van der Waals surface area contributed by atoms with E-state index in [9.17, 15) is 19.2 Å². The minimum atomic E-state index is -1.02. The summed E-state index contributed by atoms with van der Waals surface area (Å²) in [5, 5.41) is 9.69. The number of fused-ring (bicyclic) bond motifs is 1. The number of Topliss-reactive ketones (excluding diaryl/α,β-unsaturated/α-hetero) is 1. The van der Waals surface area contributed by atoms with E-state index in [0.717, 1.165) is 0 Å². The van der Waals surface area contributed by atoms with Crippen molar-refractivity contribution in [2.75, 3.05) is 19.6 Å². The molecule has 2 aromatic heterocycles. The van der Waals surface area contributed by atoms with Gasteiger partial charge in [0.25, 0.3) is 17.6 Å². The third-order valence-corrected chi connectivity index (χ3v) is 6.64. The number of nitrogens with one attached hydrogen (secondary N) is 1. The zero-order valence-electron chi connectivity index (χ0n) is 20.0. The fourth-order valence-corrected chi connectivity index (χ4v) is 4.68. The van der Waals surface area contributed by atoms with Crippen LogP contribution in [0.15, 0.2) is 73.1 Å². The van der Waals surface area contributed by atoms with Crippen LogP contribution in [0.4, 0.5) is 0 Å². The Balaban J connectivity index is 1.35. The Bertz CT molecular complexity index is 1510. The van der Waals surface area contributed by atoms with E-state index in [4.69, 9.17) is 5.11 Å². The number of carbonyl (C=O) groups is 4. The van der Waals surface area contributed by atoms with E-state index in [0.29, 0.717) is 40.8 Å². The molecule has 0 saturated carbocycles. The number of piperazine rings is 1. The minimum absolute atomic E-state index is 0.0982. The Morgan fingerprint density at radius 1 is 0.946 bits per heavy atom. The molecule has 5 rings (SSSR count). The second-order valence-corrected chi connectivity index (χ2v) is 8.96. The number of H-pyrrole nitrogens is 1. The van der Waals surface area contributed by atoms with E-state index >= 15 is 0 Å². The standard InChI is InChI=1S/C28H24N4O5/c1-17-16-31(26(34)19-5-3-2-4-6-19)13-14-32(17)27(35)25(33)22-15-30-24-21(22)11-12-29-23(24)18-7-9-20(10-8-18)28(36)37/h2-12,15,17,30H,13-14,16H2,1H3,(H,36,37)/t17-/m1/s1. The van der Waals surface area contributed by atoms with Gasteiger partial charge in [-0.25, -0.2) is 4.79 Å². The van der Waals surface area contributed by atoms with Crippen molar-refractivity contribution in [3.8, 4) is 11.3 Å². The maximum absolute atomic E-state index is 13.3. The van der Waals surface area contributed by atoms with E-state index in [1.54, 1.807) is 41.4 Å². The molecule has 0 bridgehead atoms. The molecule has 4 aromatic rings. The molecule has 37 heavy (non-hydrogen) atoms. The number of pyridine rings is 1. The van der Waals surface area contributed by atoms with E-state index in [1.165, 1.54) is 23.2 Å². The molecule has 2 N–H and O–H groups in total. The number of hydrogen-bond acceptors (Lipinski definition) is 5. The van der Waals surface area contributed by atoms with Crippen LogP contribution in [0.1, 0.15) is 38.0 Å². The number of ketones is 1. The summed E-state index contributed by atoms with van der Waals surface area (Å²) in [5.41, 5.74) is 2.78. The molecule has 2 aromatic carbocycles. The number of hydrogen-bond donors (Lipinski definition) is 2. The highest BCUT2D eigenvalue weighted by Crippen LogP contribution is 2.29. The number of aromatic amines is 1. The lowest BCUT2D eigenvalue weighted by atomic mass is 10.0. The van der Waals surface area contributed by atoms with Crippen molar-refractivity contribution in [1.29, 1.82) is 0 Å². The zero-order valence-corrected chi connectivity index (χ0v) is 20.0. The third-order valence-electron chi connectivity index (χ3n) is 6.64. The molecular weight excluding hydrogens is 472 g/mol. The average molecular weight is 497 g/mol. The van der Waals surface area contributed by atoms with Gasteiger partial charge >= 0.3 is 5.97 Å². The van der Waals surface area contributed by atoms with Gasteiger partial charge < -0.3 is 19.9 Å². The maximum Gasteiger partial charge on any atom is 0.335 e. The summed E-state index contributed by atoms with van der Waals surface area (Å²) < 4.78 is 0. The van der Waals surface area contributed by atoms with Gasteiger partial charge in [0.1, 0.15) is 0 Å². The molecule has 0 spiro atoms. The summed E-state index contributed by atoms with van der Waals surface area (Å²) in [4.78, 5) is 61.2. The normalized spacial score (nSPS) is 15.5. The summed E-state index contributed by atoms with van der Waals surface area (Å²) in [5.74, 6) is -2.38. The predicted octanol–water partition coefficient (Wildman–Crippen LogP) is 3.48. The molecular formula is C28H24N4O5. The van der Waals surface area contributed by atoms with Gasteiger partial charge in [0.05, 0.1) is 22.3 Å². The molecule has 0 unspecified atom stereocenters. The highest BCUT2D eigenvalue weighted by Gasteiger charge is 2.34. The molecule has 3 heterocycles. The van der Waals surface area contributed by atoms with Crippen LogP contribution in [-0.2, 0) is 4.79 Å². The predicted molar refractivity (Wildman–Crippen MR) is 136 cm³/mol. The van der Waals surface area contributed by atoms with E-state index in [-0.39, 0.29) is 29.6 Å². The van der Waals surface area contributed by atoms with Crippen LogP contribution in [0.3, 0.4) is 0 Å². The van der Waals surface area contributed by atoms with E-state index < -0.39 is 17.7 Å². The van der Waals surface area contributed by atoms with Crippen molar-refractivity contribution < 1.29 is 24.3 Å². The van der Waals surface area contributed by atoms with Crippen molar-refractivity contribution in [2.24, 2.45) is 0 Å². The van der Waals surface area contributed by atoms with Crippen LogP contribution in [0.2, 0.25) is 0 Å². The van der Waals surface area contributed by atoms with Crippen LogP contribution in [0.25, 0.3) is 22.2 Å². The van der Waals surface area contributed by atoms with Crippen LogP contribution in [0, 0.1) is 0 Å². The number of carbonyl (C=O) groups excluding carboxylic acids is 3. The van der Waals surface area contributed by atoms with Crippen molar-refractivity contribution in [3.05, 3.63) is 89.7 Å². The molecule has 0 radical (unpaired) electrons. The van der Waals surface area contributed by atoms with Gasteiger partial charge in [0, 0.05) is 54.6 Å². The van der Waals surface area contributed by atoms with Crippen LogP contribution >= 0.6 is 0 Å². The second-order valence-electron chi connectivity index (χ2n) is 8.96. The van der Waals surface area contributed by atoms with Crippen LogP contribution < -0.4 is 0 Å². The van der Waals surface area contributed by atoms with Gasteiger partial charge in [-0.1, -0.05) is 30.3 Å². The van der Waals surface area contributed by atoms with Crippen molar-refractivity contribution in [2.45, 2.75) is 13.0 Å². The Morgan fingerprint density at radius 3 is 2.35 bits per heavy atom. The quantitative estimate of drug-likeness (QED) is 0.322. The topological polar surface area (TPSA) is 124 Å². The van der Waals surface area contributed by atoms with E-state index in [2.05, 4.69) is 9.97 Å². The van der Waals surface area contributed by atoms with Crippen molar-refractivity contribution in [3.63, 3.8) is 0 Å². The Labute approximate surface area is 212 Å². The molecule has 1 aliphatic heterocycles. The lowest BCUT2D eigenvalue weighted by Crippen LogP contribution is -2.56. The van der Waals surface area contributed by atoms with Crippen LogP contribution in [-0.4, -0.2) is 74.1 Å². The largest absolute Gasteiger partial charge is 0.478 e. The Morgan fingerprint density at radius 2 is 1.68 bits per heavy atom. The first kappa shape index (κ1) is 23.9. The summed E-state index contributed by atoms with van der Waals surface area (Å²) in [6, 6.07) is 16.6. The van der Waals surface area contributed by atoms with Crippen molar-refractivity contribution in [1.82, 2.24) is 19.8 Å². The molecule has 1 aliphatic rings. The zero-order chi connectivity index (χ0) is 26.1. The van der Waals surface area contributed by atoms with Gasteiger partial charge in [-0.3, -0.25) is 19.4 Å². The monoisotopic (exact) mass is 496 g/mol. The maximum atomic E-state index is 13.3. The number of carboxylic acids is 1. The van der Waals surface area contributed by atoms with Gasteiger partial charge in [-0.15, -0.1) is 0 Å². The number of nitrogens with zero attached hydrogens (tertiary/aromatic N) is 3. The molecule has 2 amide bonds. The summed E-state index contributed by atoms with van der Waals surface area (Å²) in [6.45, 7) is 2.76. The third kappa shape index (κ3) is 4.47. The lowest BCUT2D eigenvalue weighted by molar-refractivity contribution is -0.130. The fraction of sp³-hybridized carbons (Fsp3) is 0.179. The van der Waals surface area contributed by atoms with E-state index in [1.807, 2.05) is 25.1 Å². The molecule has 1 fully saturated rings. The SMILES string of the molecule is C[C@@H]1CN(C(=O)c2ccccc2)CCN1C(=O)C(=O)c1c[nH]c2c(-c3ccc(C(=O)O)cc3)nccc12. The van der Waals surface area contributed by atoms with Gasteiger partial charge in [0.2, 0.25) is 0 Å².